The van der Waals surface area contributed by atoms with Crippen molar-refractivity contribution in [2.75, 3.05) is 5.32 Å². The van der Waals surface area contributed by atoms with Gasteiger partial charge in [0.25, 0.3) is 5.91 Å². The van der Waals surface area contributed by atoms with E-state index in [1.165, 1.54) is 17.3 Å². The number of amides is 1. The molecule has 0 saturated heterocycles. The van der Waals surface area contributed by atoms with E-state index < -0.39 is 10.7 Å². The molecule has 36 heavy (non-hydrogen) atoms. The standard InChI is InChI=1S/C29H37N3O3S/c1-7-8-9-18-32-20(4)25(27(33)30-23-14-10-21(11-15-23)19(2)3)31-26(32)22-12-16-24(17-13-22)36-29(5,6)28(34)35/h10-17,19H,7-9,18H2,1-6H3,(H,30,33)(H,34,35). The molecular formula is C29H37N3O3S. The summed E-state index contributed by atoms with van der Waals surface area (Å²) in [5.41, 5.74) is 4.11. The van der Waals surface area contributed by atoms with Crippen molar-refractivity contribution in [3.05, 3.63) is 65.5 Å². The highest BCUT2D eigenvalue weighted by atomic mass is 32.2. The third-order valence-electron chi connectivity index (χ3n) is 6.26. The Morgan fingerprint density at radius 3 is 2.25 bits per heavy atom. The average molecular weight is 508 g/mol. The van der Waals surface area contributed by atoms with Crippen molar-refractivity contribution in [2.45, 2.75) is 82.9 Å². The van der Waals surface area contributed by atoms with E-state index in [4.69, 9.17) is 4.98 Å². The van der Waals surface area contributed by atoms with Crippen LogP contribution in [0.15, 0.2) is 53.4 Å². The molecule has 2 N–H and O–H groups in total. The zero-order chi connectivity index (χ0) is 26.5. The number of carbonyl (C=O) groups is 2. The Bertz CT molecular complexity index is 1200. The van der Waals surface area contributed by atoms with Gasteiger partial charge in [-0.05, 0) is 62.9 Å². The van der Waals surface area contributed by atoms with Gasteiger partial charge < -0.3 is 15.0 Å². The second kappa shape index (κ2) is 11.8. The van der Waals surface area contributed by atoms with Crippen LogP contribution in [-0.2, 0) is 11.3 Å². The number of nitrogens with one attached hydrogen (secondary N) is 1. The lowest BCUT2D eigenvalue weighted by atomic mass is 10.0. The molecular weight excluding hydrogens is 470 g/mol. The number of benzene rings is 2. The first-order valence-electron chi connectivity index (χ1n) is 12.5. The van der Waals surface area contributed by atoms with Gasteiger partial charge in [0.15, 0.2) is 0 Å². The molecule has 0 fully saturated rings. The smallest absolute Gasteiger partial charge is 0.319 e. The van der Waals surface area contributed by atoms with Crippen molar-refractivity contribution in [1.82, 2.24) is 9.55 Å². The summed E-state index contributed by atoms with van der Waals surface area (Å²) < 4.78 is 1.20. The molecule has 3 rings (SSSR count). The number of carbonyl (C=O) groups excluding carboxylic acids is 1. The largest absolute Gasteiger partial charge is 0.480 e. The van der Waals surface area contributed by atoms with E-state index in [-0.39, 0.29) is 5.91 Å². The molecule has 6 nitrogen and oxygen atoms in total. The van der Waals surface area contributed by atoms with Crippen molar-refractivity contribution in [3.63, 3.8) is 0 Å². The molecule has 0 unspecified atom stereocenters. The van der Waals surface area contributed by atoms with Crippen LogP contribution in [0.2, 0.25) is 0 Å². The number of unbranched alkanes of at least 4 members (excludes halogenated alkanes) is 2. The lowest BCUT2D eigenvalue weighted by Crippen LogP contribution is -2.26. The number of nitrogens with zero attached hydrogens (tertiary/aromatic N) is 2. The molecule has 192 valence electrons. The van der Waals surface area contributed by atoms with Crippen LogP contribution in [0.1, 0.15) is 81.5 Å². The molecule has 1 aromatic heterocycles. The number of anilines is 1. The van der Waals surface area contributed by atoms with E-state index in [0.29, 0.717) is 11.6 Å². The van der Waals surface area contributed by atoms with Crippen molar-refractivity contribution in [1.29, 1.82) is 0 Å². The predicted molar refractivity (Wildman–Crippen MR) is 148 cm³/mol. The molecule has 0 aliphatic carbocycles. The second-order valence-electron chi connectivity index (χ2n) is 9.90. The normalized spacial score (nSPS) is 11.6. The molecule has 0 spiro atoms. The molecule has 2 aromatic carbocycles. The third-order valence-corrected chi connectivity index (χ3v) is 7.45. The van der Waals surface area contributed by atoms with Crippen LogP contribution >= 0.6 is 11.8 Å². The molecule has 7 heteroatoms. The average Bonchev–Trinajstić information content (AvgIpc) is 3.16. The Labute approximate surface area is 218 Å². The molecule has 0 bridgehead atoms. The number of hydrogen-bond acceptors (Lipinski definition) is 4. The van der Waals surface area contributed by atoms with Gasteiger partial charge in [-0.15, -0.1) is 11.8 Å². The van der Waals surface area contributed by atoms with Crippen LogP contribution in [-0.4, -0.2) is 31.3 Å². The minimum absolute atomic E-state index is 0.226. The van der Waals surface area contributed by atoms with Crippen LogP contribution in [0.25, 0.3) is 11.4 Å². The highest BCUT2D eigenvalue weighted by Gasteiger charge is 2.28. The van der Waals surface area contributed by atoms with Gasteiger partial charge in [-0.3, -0.25) is 9.59 Å². The van der Waals surface area contributed by atoms with Gasteiger partial charge in [-0.2, -0.15) is 0 Å². The van der Waals surface area contributed by atoms with E-state index >= 15 is 0 Å². The summed E-state index contributed by atoms with van der Waals surface area (Å²) in [5.74, 6) is 0.0974. The second-order valence-corrected chi connectivity index (χ2v) is 11.6. The first-order valence-corrected chi connectivity index (χ1v) is 13.4. The van der Waals surface area contributed by atoms with Gasteiger partial charge in [0, 0.05) is 28.4 Å². The third kappa shape index (κ3) is 6.58. The maximum Gasteiger partial charge on any atom is 0.319 e. The van der Waals surface area contributed by atoms with Crippen LogP contribution < -0.4 is 5.32 Å². The molecule has 0 aliphatic rings. The Hall–Kier alpha value is -3.06. The van der Waals surface area contributed by atoms with Crippen molar-refractivity contribution < 1.29 is 14.7 Å². The quantitative estimate of drug-likeness (QED) is 0.209. The summed E-state index contributed by atoms with van der Waals surface area (Å²) in [6.07, 6.45) is 3.20. The van der Waals surface area contributed by atoms with Crippen LogP contribution in [0.4, 0.5) is 5.69 Å². The van der Waals surface area contributed by atoms with Gasteiger partial charge >= 0.3 is 5.97 Å². The zero-order valence-corrected chi connectivity index (χ0v) is 22.9. The van der Waals surface area contributed by atoms with Crippen molar-refractivity contribution >= 4 is 29.3 Å². The highest BCUT2D eigenvalue weighted by Crippen LogP contribution is 2.34. The van der Waals surface area contributed by atoms with Gasteiger partial charge in [0.05, 0.1) is 0 Å². The van der Waals surface area contributed by atoms with E-state index in [1.807, 2.05) is 55.5 Å². The number of rotatable bonds is 11. The summed E-state index contributed by atoms with van der Waals surface area (Å²) in [4.78, 5) is 30.4. The maximum atomic E-state index is 13.2. The predicted octanol–water partition coefficient (Wildman–Crippen LogP) is 7.38. The molecule has 1 heterocycles. The molecule has 0 radical (unpaired) electrons. The summed E-state index contributed by atoms with van der Waals surface area (Å²) in [5, 5.41) is 12.4. The number of hydrogen-bond donors (Lipinski definition) is 2. The van der Waals surface area contributed by atoms with Gasteiger partial charge in [0.2, 0.25) is 0 Å². The molecule has 3 aromatic rings. The number of imidazole rings is 1. The summed E-state index contributed by atoms with van der Waals surface area (Å²) in [6, 6.07) is 15.7. The van der Waals surface area contributed by atoms with Gasteiger partial charge in [-0.1, -0.05) is 57.9 Å². The minimum Gasteiger partial charge on any atom is -0.480 e. The van der Waals surface area contributed by atoms with E-state index in [1.54, 1.807) is 13.8 Å². The summed E-state index contributed by atoms with van der Waals surface area (Å²) in [6.45, 7) is 12.6. The van der Waals surface area contributed by atoms with Crippen molar-refractivity contribution in [2.24, 2.45) is 0 Å². The maximum absolute atomic E-state index is 13.2. The Morgan fingerprint density at radius 1 is 1.06 bits per heavy atom. The van der Waals surface area contributed by atoms with E-state index in [0.717, 1.165) is 53.5 Å². The lowest BCUT2D eigenvalue weighted by molar-refractivity contribution is -0.138. The first kappa shape index (κ1) is 27.5. The number of aliphatic carboxylic acids is 1. The summed E-state index contributed by atoms with van der Waals surface area (Å²) >= 11 is 1.31. The topological polar surface area (TPSA) is 84.2 Å². The Balaban J connectivity index is 1.89. The minimum atomic E-state index is -0.921. The van der Waals surface area contributed by atoms with Crippen LogP contribution in [0.5, 0.6) is 0 Å². The number of thioether (sulfide) groups is 1. The van der Waals surface area contributed by atoms with Gasteiger partial charge in [-0.25, -0.2) is 4.98 Å². The van der Waals surface area contributed by atoms with Crippen molar-refractivity contribution in [3.8, 4) is 11.4 Å². The fraction of sp³-hybridized carbons (Fsp3) is 0.414. The fourth-order valence-electron chi connectivity index (χ4n) is 3.91. The number of aromatic nitrogens is 2. The first-order chi connectivity index (χ1) is 17.0. The molecule has 1 amide bonds. The monoisotopic (exact) mass is 507 g/mol. The van der Waals surface area contributed by atoms with Crippen LogP contribution in [0.3, 0.4) is 0 Å². The number of carboxylic acids is 1. The number of carboxylic acid groups (broad SMARTS) is 1. The fourth-order valence-corrected chi connectivity index (χ4v) is 4.86. The molecule has 0 saturated carbocycles. The van der Waals surface area contributed by atoms with Gasteiger partial charge in [0.1, 0.15) is 16.3 Å². The lowest BCUT2D eigenvalue weighted by Gasteiger charge is -2.18. The molecule has 0 atom stereocenters. The Morgan fingerprint density at radius 2 is 1.69 bits per heavy atom. The zero-order valence-electron chi connectivity index (χ0n) is 22.1. The Kier molecular flexibility index (Phi) is 9.01. The summed E-state index contributed by atoms with van der Waals surface area (Å²) in [7, 11) is 0. The highest BCUT2D eigenvalue weighted by molar-refractivity contribution is 8.01. The van der Waals surface area contributed by atoms with Crippen LogP contribution in [0, 0.1) is 6.92 Å². The van der Waals surface area contributed by atoms with E-state index in [9.17, 15) is 14.7 Å². The SMILES string of the molecule is CCCCCn1c(-c2ccc(SC(C)(C)C(=O)O)cc2)nc(C(=O)Nc2ccc(C(C)C)cc2)c1C. The molecule has 0 aliphatic heterocycles. The van der Waals surface area contributed by atoms with E-state index in [2.05, 4.69) is 30.7 Å².